The SMILES string of the molecule is CCOc1ccc(OC(=O)c2ccc(-c3ccc(C(=O)Oc4ccc(O)cc4)cc3)cc2)cc1. The Morgan fingerprint density at radius 3 is 1.38 bits per heavy atom. The molecule has 4 rings (SSSR count). The Kier molecular flexibility index (Phi) is 6.89. The third-order valence-electron chi connectivity index (χ3n) is 4.97. The molecule has 34 heavy (non-hydrogen) atoms. The van der Waals surface area contributed by atoms with Crippen LogP contribution in [0.15, 0.2) is 97.1 Å². The first-order valence-corrected chi connectivity index (χ1v) is 10.7. The largest absolute Gasteiger partial charge is 0.508 e. The lowest BCUT2D eigenvalue weighted by Gasteiger charge is -2.08. The smallest absolute Gasteiger partial charge is 0.343 e. The van der Waals surface area contributed by atoms with Crippen molar-refractivity contribution in [2.24, 2.45) is 0 Å². The highest BCUT2D eigenvalue weighted by molar-refractivity contribution is 5.93. The van der Waals surface area contributed by atoms with E-state index in [2.05, 4.69) is 0 Å². The zero-order chi connectivity index (χ0) is 23.9. The number of hydrogen-bond donors (Lipinski definition) is 1. The first-order chi connectivity index (χ1) is 16.5. The van der Waals surface area contributed by atoms with Gasteiger partial charge in [-0.1, -0.05) is 24.3 Å². The van der Waals surface area contributed by atoms with E-state index in [4.69, 9.17) is 14.2 Å². The van der Waals surface area contributed by atoms with Crippen molar-refractivity contribution >= 4 is 11.9 Å². The van der Waals surface area contributed by atoms with E-state index in [9.17, 15) is 14.7 Å². The number of ether oxygens (including phenoxy) is 3. The summed E-state index contributed by atoms with van der Waals surface area (Å²) in [7, 11) is 0. The number of carbonyl (C=O) groups is 2. The number of benzene rings is 4. The minimum atomic E-state index is -0.496. The number of aromatic hydroxyl groups is 1. The van der Waals surface area contributed by atoms with Gasteiger partial charge in [0.2, 0.25) is 0 Å². The van der Waals surface area contributed by atoms with Gasteiger partial charge in [-0.15, -0.1) is 0 Å². The monoisotopic (exact) mass is 454 g/mol. The summed E-state index contributed by atoms with van der Waals surface area (Å²) >= 11 is 0. The van der Waals surface area contributed by atoms with Crippen molar-refractivity contribution in [2.75, 3.05) is 6.61 Å². The van der Waals surface area contributed by atoms with Crippen LogP contribution in [0.5, 0.6) is 23.0 Å². The van der Waals surface area contributed by atoms with Gasteiger partial charge in [0.25, 0.3) is 0 Å². The van der Waals surface area contributed by atoms with E-state index in [1.165, 1.54) is 24.3 Å². The summed E-state index contributed by atoms with van der Waals surface area (Å²) in [4.78, 5) is 24.8. The van der Waals surface area contributed by atoms with Crippen LogP contribution in [0.25, 0.3) is 11.1 Å². The molecule has 1 N–H and O–H groups in total. The molecule has 4 aromatic rings. The number of phenols is 1. The van der Waals surface area contributed by atoms with Crippen LogP contribution in [-0.4, -0.2) is 23.7 Å². The maximum Gasteiger partial charge on any atom is 0.343 e. The van der Waals surface area contributed by atoms with E-state index in [1.54, 1.807) is 60.7 Å². The molecule has 0 spiro atoms. The van der Waals surface area contributed by atoms with E-state index in [0.717, 1.165) is 11.1 Å². The van der Waals surface area contributed by atoms with Crippen molar-refractivity contribution in [3.63, 3.8) is 0 Å². The summed E-state index contributed by atoms with van der Waals surface area (Å²) in [6.45, 7) is 2.47. The van der Waals surface area contributed by atoms with Crippen LogP contribution in [0, 0.1) is 0 Å². The first kappa shape index (κ1) is 22.6. The molecule has 0 bridgehead atoms. The van der Waals surface area contributed by atoms with Gasteiger partial charge in [-0.2, -0.15) is 0 Å². The molecule has 0 saturated carbocycles. The fourth-order valence-electron chi connectivity index (χ4n) is 3.21. The lowest BCUT2D eigenvalue weighted by Crippen LogP contribution is -2.08. The fraction of sp³-hybridized carbons (Fsp3) is 0.0714. The molecule has 0 atom stereocenters. The summed E-state index contributed by atoms with van der Waals surface area (Å²) < 4.78 is 16.1. The summed E-state index contributed by atoms with van der Waals surface area (Å²) in [6, 6.07) is 26.8. The molecule has 0 fully saturated rings. The summed E-state index contributed by atoms with van der Waals surface area (Å²) in [5, 5.41) is 9.32. The van der Waals surface area contributed by atoms with Crippen molar-refractivity contribution < 1.29 is 28.9 Å². The van der Waals surface area contributed by atoms with E-state index in [-0.39, 0.29) is 5.75 Å². The Hall–Kier alpha value is -4.58. The first-order valence-electron chi connectivity index (χ1n) is 10.7. The second-order valence-corrected chi connectivity index (χ2v) is 7.33. The third-order valence-corrected chi connectivity index (χ3v) is 4.97. The van der Waals surface area contributed by atoms with Gasteiger partial charge >= 0.3 is 11.9 Å². The summed E-state index contributed by atoms with van der Waals surface area (Å²) in [6.07, 6.45) is 0. The van der Waals surface area contributed by atoms with Gasteiger partial charge in [-0.25, -0.2) is 9.59 Å². The number of hydrogen-bond acceptors (Lipinski definition) is 6. The van der Waals surface area contributed by atoms with Crippen molar-refractivity contribution in [1.82, 2.24) is 0 Å². The lowest BCUT2D eigenvalue weighted by molar-refractivity contribution is 0.0725. The van der Waals surface area contributed by atoms with Crippen molar-refractivity contribution in [2.45, 2.75) is 6.92 Å². The van der Waals surface area contributed by atoms with E-state index in [0.29, 0.717) is 35.0 Å². The number of phenolic OH excluding ortho intramolecular Hbond substituents is 1. The van der Waals surface area contributed by atoms with Gasteiger partial charge in [0.15, 0.2) is 0 Å². The highest BCUT2D eigenvalue weighted by atomic mass is 16.5. The normalized spacial score (nSPS) is 10.4. The average Bonchev–Trinajstić information content (AvgIpc) is 2.87. The van der Waals surface area contributed by atoms with Crippen LogP contribution in [0.1, 0.15) is 27.6 Å². The minimum absolute atomic E-state index is 0.0969. The van der Waals surface area contributed by atoms with Gasteiger partial charge in [0.1, 0.15) is 23.0 Å². The van der Waals surface area contributed by atoms with Crippen LogP contribution in [0.2, 0.25) is 0 Å². The number of esters is 2. The Morgan fingerprint density at radius 1 is 0.588 bits per heavy atom. The standard InChI is InChI=1S/C28H22O6/c1-2-32-24-15-17-26(18-16-24)34-28(31)22-9-5-20(6-10-22)19-3-7-21(8-4-19)27(30)33-25-13-11-23(29)12-14-25/h3-18,29H,2H2,1H3. The minimum Gasteiger partial charge on any atom is -0.508 e. The fourth-order valence-corrected chi connectivity index (χ4v) is 3.21. The molecule has 0 aliphatic heterocycles. The van der Waals surface area contributed by atoms with Crippen molar-refractivity contribution in [3.8, 4) is 34.1 Å². The lowest BCUT2D eigenvalue weighted by atomic mass is 10.0. The molecular formula is C28H22O6. The highest BCUT2D eigenvalue weighted by Gasteiger charge is 2.11. The van der Waals surface area contributed by atoms with Crippen molar-refractivity contribution in [1.29, 1.82) is 0 Å². The van der Waals surface area contributed by atoms with Gasteiger partial charge in [0.05, 0.1) is 17.7 Å². The van der Waals surface area contributed by atoms with E-state index < -0.39 is 11.9 Å². The van der Waals surface area contributed by atoms with Crippen LogP contribution in [-0.2, 0) is 0 Å². The third kappa shape index (κ3) is 5.61. The van der Waals surface area contributed by atoms with Crippen LogP contribution >= 0.6 is 0 Å². The van der Waals surface area contributed by atoms with Crippen LogP contribution in [0.4, 0.5) is 0 Å². The number of carbonyl (C=O) groups excluding carboxylic acids is 2. The Labute approximate surface area is 197 Å². The molecule has 0 unspecified atom stereocenters. The zero-order valence-electron chi connectivity index (χ0n) is 18.4. The molecule has 0 aliphatic carbocycles. The molecule has 170 valence electrons. The van der Waals surface area contributed by atoms with Gasteiger partial charge in [-0.05, 0) is 90.8 Å². The Balaban J connectivity index is 1.38. The predicted octanol–water partition coefficient (Wildman–Crippen LogP) is 5.90. The molecule has 4 aromatic carbocycles. The maximum atomic E-state index is 12.4. The van der Waals surface area contributed by atoms with Crippen LogP contribution < -0.4 is 14.2 Å². The molecule has 0 amide bonds. The second kappa shape index (κ2) is 10.4. The molecule has 0 radical (unpaired) electrons. The quantitative estimate of drug-likeness (QED) is 0.277. The topological polar surface area (TPSA) is 82.1 Å². The maximum absolute atomic E-state index is 12.4. The average molecular weight is 454 g/mol. The molecule has 0 aliphatic rings. The van der Waals surface area contributed by atoms with Gasteiger partial charge in [-0.3, -0.25) is 0 Å². The molecule has 6 heteroatoms. The Morgan fingerprint density at radius 2 is 0.971 bits per heavy atom. The van der Waals surface area contributed by atoms with E-state index >= 15 is 0 Å². The van der Waals surface area contributed by atoms with Gasteiger partial charge < -0.3 is 19.3 Å². The highest BCUT2D eigenvalue weighted by Crippen LogP contribution is 2.23. The van der Waals surface area contributed by atoms with Crippen molar-refractivity contribution in [3.05, 3.63) is 108 Å². The Bertz CT molecular complexity index is 1260. The second-order valence-electron chi connectivity index (χ2n) is 7.33. The molecule has 0 aromatic heterocycles. The van der Waals surface area contributed by atoms with E-state index in [1.807, 2.05) is 19.1 Å². The number of rotatable bonds is 7. The molecule has 0 saturated heterocycles. The predicted molar refractivity (Wildman–Crippen MR) is 128 cm³/mol. The molecular weight excluding hydrogens is 432 g/mol. The molecule has 6 nitrogen and oxygen atoms in total. The molecule has 0 heterocycles. The zero-order valence-corrected chi connectivity index (χ0v) is 18.4. The summed E-state index contributed by atoms with van der Waals surface area (Å²) in [5.41, 5.74) is 2.59. The van der Waals surface area contributed by atoms with Crippen LogP contribution in [0.3, 0.4) is 0 Å². The van der Waals surface area contributed by atoms with Gasteiger partial charge in [0, 0.05) is 0 Å². The summed E-state index contributed by atoms with van der Waals surface area (Å²) in [5.74, 6) is 0.644.